The SMILES string of the molecule is CCCC(=O)Nc1ccc(C(=O)NN=C(/C=C/c2ccccc2)/C=C/c2ccccc2)cc1. The summed E-state index contributed by atoms with van der Waals surface area (Å²) in [7, 11) is 0. The molecule has 0 spiro atoms. The average molecular weight is 438 g/mol. The minimum Gasteiger partial charge on any atom is -0.326 e. The normalized spacial score (nSPS) is 10.8. The first-order chi connectivity index (χ1) is 16.1. The number of allylic oxidation sites excluding steroid dienone is 2. The second-order valence-electron chi connectivity index (χ2n) is 7.34. The molecule has 166 valence electrons. The van der Waals surface area contributed by atoms with E-state index in [0.717, 1.165) is 17.5 Å². The second kappa shape index (κ2) is 12.6. The van der Waals surface area contributed by atoms with Gasteiger partial charge in [0.05, 0.1) is 5.71 Å². The van der Waals surface area contributed by atoms with Crippen molar-refractivity contribution in [2.24, 2.45) is 5.10 Å². The first-order valence-corrected chi connectivity index (χ1v) is 10.9. The Hall–Kier alpha value is -4.25. The molecule has 0 aliphatic carbocycles. The van der Waals surface area contributed by atoms with Crippen molar-refractivity contribution in [1.82, 2.24) is 5.43 Å². The van der Waals surface area contributed by atoms with Crippen molar-refractivity contribution < 1.29 is 9.59 Å². The summed E-state index contributed by atoms with van der Waals surface area (Å²) in [6, 6.07) is 26.5. The highest BCUT2D eigenvalue weighted by molar-refractivity contribution is 6.09. The van der Waals surface area contributed by atoms with E-state index < -0.39 is 0 Å². The molecule has 5 nitrogen and oxygen atoms in total. The lowest BCUT2D eigenvalue weighted by Gasteiger charge is -2.06. The summed E-state index contributed by atoms with van der Waals surface area (Å²) < 4.78 is 0. The van der Waals surface area contributed by atoms with E-state index in [1.54, 1.807) is 24.3 Å². The number of nitrogens with one attached hydrogen (secondary N) is 2. The van der Waals surface area contributed by atoms with Gasteiger partial charge in [-0.05, 0) is 54.0 Å². The smallest absolute Gasteiger partial charge is 0.271 e. The van der Waals surface area contributed by atoms with E-state index in [4.69, 9.17) is 0 Å². The number of anilines is 1. The van der Waals surface area contributed by atoms with Crippen molar-refractivity contribution in [1.29, 1.82) is 0 Å². The van der Waals surface area contributed by atoms with Crippen molar-refractivity contribution in [3.63, 3.8) is 0 Å². The number of carbonyl (C=O) groups is 2. The van der Waals surface area contributed by atoms with Gasteiger partial charge in [0.2, 0.25) is 5.91 Å². The molecule has 0 aliphatic heterocycles. The number of rotatable bonds is 9. The number of benzene rings is 3. The lowest BCUT2D eigenvalue weighted by molar-refractivity contribution is -0.116. The molecule has 0 heterocycles. The van der Waals surface area contributed by atoms with Crippen LogP contribution in [-0.4, -0.2) is 17.5 Å². The summed E-state index contributed by atoms with van der Waals surface area (Å²) in [5, 5.41) is 7.11. The third-order valence-corrected chi connectivity index (χ3v) is 4.69. The number of hydrogen-bond acceptors (Lipinski definition) is 3. The second-order valence-corrected chi connectivity index (χ2v) is 7.34. The van der Waals surface area contributed by atoms with Crippen LogP contribution in [0.25, 0.3) is 12.2 Å². The van der Waals surface area contributed by atoms with E-state index in [9.17, 15) is 9.59 Å². The summed E-state index contributed by atoms with van der Waals surface area (Å²) in [6.45, 7) is 1.95. The van der Waals surface area contributed by atoms with Crippen LogP contribution in [-0.2, 0) is 4.79 Å². The van der Waals surface area contributed by atoms with Crippen LogP contribution in [0.15, 0.2) is 102 Å². The maximum absolute atomic E-state index is 12.6. The highest BCUT2D eigenvalue weighted by Crippen LogP contribution is 2.11. The molecule has 0 saturated heterocycles. The zero-order valence-electron chi connectivity index (χ0n) is 18.6. The van der Waals surface area contributed by atoms with Gasteiger partial charge < -0.3 is 5.32 Å². The molecular formula is C28H27N3O2. The summed E-state index contributed by atoms with van der Waals surface area (Å²) in [5.41, 5.74) is 6.38. The molecule has 0 aliphatic rings. The van der Waals surface area contributed by atoms with Crippen LogP contribution < -0.4 is 10.7 Å². The van der Waals surface area contributed by atoms with E-state index in [1.165, 1.54) is 0 Å². The lowest BCUT2D eigenvalue weighted by Crippen LogP contribution is -2.19. The quantitative estimate of drug-likeness (QED) is 0.321. The molecule has 0 bridgehead atoms. The molecular weight excluding hydrogens is 410 g/mol. The van der Waals surface area contributed by atoms with Crippen LogP contribution in [0.5, 0.6) is 0 Å². The molecule has 0 saturated carbocycles. The van der Waals surface area contributed by atoms with Crippen LogP contribution in [0.1, 0.15) is 41.3 Å². The third-order valence-electron chi connectivity index (χ3n) is 4.69. The van der Waals surface area contributed by atoms with E-state index in [0.29, 0.717) is 23.4 Å². The van der Waals surface area contributed by atoms with Crippen molar-refractivity contribution >= 4 is 35.4 Å². The summed E-state index contributed by atoms with van der Waals surface area (Å²) in [5.74, 6) is -0.375. The molecule has 0 fully saturated rings. The number of hydrazone groups is 1. The summed E-state index contributed by atoms with van der Waals surface area (Å²) in [4.78, 5) is 24.3. The van der Waals surface area contributed by atoms with Crippen LogP contribution in [0, 0.1) is 0 Å². The fraction of sp³-hybridized carbons (Fsp3) is 0.107. The van der Waals surface area contributed by atoms with Gasteiger partial charge in [-0.3, -0.25) is 9.59 Å². The highest BCUT2D eigenvalue weighted by Gasteiger charge is 2.06. The maximum Gasteiger partial charge on any atom is 0.271 e. The topological polar surface area (TPSA) is 70.6 Å². The Balaban J connectivity index is 1.71. The largest absolute Gasteiger partial charge is 0.326 e. The molecule has 2 amide bonds. The minimum atomic E-state index is -0.333. The van der Waals surface area contributed by atoms with Crippen molar-refractivity contribution in [3.05, 3.63) is 114 Å². The molecule has 0 unspecified atom stereocenters. The Bertz CT molecular complexity index is 1080. The Morgan fingerprint density at radius 2 is 1.33 bits per heavy atom. The number of nitrogens with zero attached hydrogens (tertiary/aromatic N) is 1. The fourth-order valence-electron chi connectivity index (χ4n) is 2.96. The zero-order valence-corrected chi connectivity index (χ0v) is 18.6. The van der Waals surface area contributed by atoms with Crippen LogP contribution in [0.4, 0.5) is 5.69 Å². The van der Waals surface area contributed by atoms with Crippen LogP contribution >= 0.6 is 0 Å². The van der Waals surface area contributed by atoms with Gasteiger partial charge in [-0.2, -0.15) is 5.10 Å². The predicted octanol–water partition coefficient (Wildman–Crippen LogP) is 5.94. The molecule has 0 atom stereocenters. The van der Waals surface area contributed by atoms with Crippen LogP contribution in [0.3, 0.4) is 0 Å². The lowest BCUT2D eigenvalue weighted by atomic mass is 10.1. The zero-order chi connectivity index (χ0) is 23.3. The van der Waals surface area contributed by atoms with E-state index in [-0.39, 0.29) is 11.8 Å². The first-order valence-electron chi connectivity index (χ1n) is 10.9. The van der Waals surface area contributed by atoms with Gasteiger partial charge in [-0.15, -0.1) is 0 Å². The molecule has 3 aromatic carbocycles. The number of carbonyl (C=O) groups excluding carboxylic acids is 2. The summed E-state index contributed by atoms with van der Waals surface area (Å²) in [6.07, 6.45) is 8.82. The molecule has 3 rings (SSSR count). The number of amides is 2. The Morgan fingerprint density at radius 3 is 1.85 bits per heavy atom. The van der Waals surface area contributed by atoms with Gasteiger partial charge in [0.25, 0.3) is 5.91 Å². The van der Waals surface area contributed by atoms with Crippen LogP contribution in [0.2, 0.25) is 0 Å². The Kier molecular flexibility index (Phi) is 8.92. The molecule has 2 N–H and O–H groups in total. The maximum atomic E-state index is 12.6. The van der Waals surface area contributed by atoms with Gasteiger partial charge in [0.1, 0.15) is 0 Å². The van der Waals surface area contributed by atoms with E-state index in [1.807, 2.05) is 91.9 Å². The Labute approximate surface area is 194 Å². The fourth-order valence-corrected chi connectivity index (χ4v) is 2.96. The molecule has 3 aromatic rings. The van der Waals surface area contributed by atoms with Crippen molar-refractivity contribution in [2.45, 2.75) is 19.8 Å². The standard InChI is InChI=1S/C28H27N3O2/c1-2-9-27(32)29-25-20-16-24(17-21-25)28(33)31-30-26(18-14-22-10-5-3-6-11-22)19-15-23-12-7-4-8-13-23/h3-8,10-21H,2,9H2,1H3,(H,29,32)(H,31,33)/b18-14+,19-15+. The summed E-state index contributed by atoms with van der Waals surface area (Å²) >= 11 is 0. The Morgan fingerprint density at radius 1 is 0.788 bits per heavy atom. The van der Waals surface area contributed by atoms with Gasteiger partial charge in [-0.25, -0.2) is 5.43 Å². The van der Waals surface area contributed by atoms with Gasteiger partial charge in [-0.1, -0.05) is 79.7 Å². The van der Waals surface area contributed by atoms with Crippen molar-refractivity contribution in [3.8, 4) is 0 Å². The monoisotopic (exact) mass is 437 g/mol. The molecule has 5 heteroatoms. The number of hydrogen-bond donors (Lipinski definition) is 2. The minimum absolute atomic E-state index is 0.0423. The van der Waals surface area contributed by atoms with Gasteiger partial charge >= 0.3 is 0 Å². The first kappa shape index (κ1) is 23.4. The highest BCUT2D eigenvalue weighted by atomic mass is 16.2. The van der Waals surface area contributed by atoms with E-state index in [2.05, 4.69) is 15.8 Å². The van der Waals surface area contributed by atoms with Gasteiger partial charge in [0.15, 0.2) is 0 Å². The molecule has 0 radical (unpaired) electrons. The molecule has 0 aromatic heterocycles. The molecule has 33 heavy (non-hydrogen) atoms. The van der Waals surface area contributed by atoms with Crippen molar-refractivity contribution in [2.75, 3.05) is 5.32 Å². The average Bonchev–Trinajstić information content (AvgIpc) is 2.85. The van der Waals surface area contributed by atoms with E-state index >= 15 is 0 Å². The third kappa shape index (κ3) is 8.07. The van der Waals surface area contributed by atoms with Gasteiger partial charge in [0, 0.05) is 17.7 Å². The predicted molar refractivity (Wildman–Crippen MR) is 136 cm³/mol.